The first kappa shape index (κ1) is 22.7. The van der Waals surface area contributed by atoms with Crippen LogP contribution in [0.1, 0.15) is 5.56 Å². The maximum atomic E-state index is 13.2. The molecule has 1 aromatic heterocycles. The summed E-state index contributed by atoms with van der Waals surface area (Å²) in [4.78, 5) is 23.0. The van der Waals surface area contributed by atoms with Gasteiger partial charge in [0.25, 0.3) is 0 Å². The van der Waals surface area contributed by atoms with E-state index in [9.17, 15) is 13.2 Å². The van der Waals surface area contributed by atoms with Gasteiger partial charge in [0.1, 0.15) is 0 Å². The maximum absolute atomic E-state index is 13.2. The van der Waals surface area contributed by atoms with Gasteiger partial charge in [0.2, 0.25) is 5.91 Å². The average molecular weight is 464 g/mol. The molecule has 0 aliphatic carbocycles. The van der Waals surface area contributed by atoms with E-state index in [1.807, 2.05) is 37.4 Å². The summed E-state index contributed by atoms with van der Waals surface area (Å²) in [6.45, 7) is 1.24. The van der Waals surface area contributed by atoms with Crippen LogP contribution in [0.4, 0.5) is 5.13 Å². The Morgan fingerprint density at radius 1 is 1.10 bits per heavy atom. The molecule has 3 rings (SSSR count). The maximum Gasteiger partial charge on any atom is 0.233 e. The fraction of sp³-hybridized carbons (Fsp3) is 0.333. The van der Waals surface area contributed by atoms with Crippen LogP contribution in [0.2, 0.25) is 0 Å². The topological polar surface area (TPSA) is 70.6 Å². The molecular formula is C21H25N3O3S3. The molecule has 0 radical (unpaired) electrons. The normalized spacial score (nSPS) is 11.9. The first-order chi connectivity index (χ1) is 14.2. The van der Waals surface area contributed by atoms with Crippen molar-refractivity contribution < 1.29 is 13.2 Å². The van der Waals surface area contributed by atoms with E-state index in [2.05, 4.69) is 6.07 Å². The van der Waals surface area contributed by atoms with E-state index in [-0.39, 0.29) is 17.2 Å². The molecular weight excluding hydrogens is 438 g/mol. The quantitative estimate of drug-likeness (QED) is 0.476. The molecule has 1 heterocycles. The minimum Gasteiger partial charge on any atom is -0.308 e. The molecule has 0 bridgehead atoms. The Hall–Kier alpha value is -1.94. The number of aromatic nitrogens is 1. The van der Waals surface area contributed by atoms with Crippen LogP contribution in [0.5, 0.6) is 0 Å². The number of likely N-dealkylation sites (N-methyl/N-ethyl adjacent to an activating group) is 1. The molecule has 30 heavy (non-hydrogen) atoms. The van der Waals surface area contributed by atoms with Crippen LogP contribution in [-0.2, 0) is 21.1 Å². The summed E-state index contributed by atoms with van der Waals surface area (Å²) < 4.78 is 24.4. The molecule has 0 N–H and O–H groups in total. The van der Waals surface area contributed by atoms with Gasteiger partial charge in [-0.25, -0.2) is 13.4 Å². The van der Waals surface area contributed by atoms with Gasteiger partial charge in [-0.05, 0) is 56.2 Å². The van der Waals surface area contributed by atoms with Crippen molar-refractivity contribution >= 4 is 54.2 Å². The van der Waals surface area contributed by atoms with Crippen molar-refractivity contribution in [1.29, 1.82) is 0 Å². The molecule has 0 spiro atoms. The van der Waals surface area contributed by atoms with Crippen LogP contribution in [0, 0.1) is 0 Å². The molecule has 160 valence electrons. The number of rotatable bonds is 8. The lowest BCUT2D eigenvalue weighted by molar-refractivity contribution is -0.118. The van der Waals surface area contributed by atoms with Crippen LogP contribution in [0.25, 0.3) is 10.2 Å². The number of hydrogen-bond acceptors (Lipinski definition) is 7. The van der Waals surface area contributed by atoms with E-state index in [0.29, 0.717) is 18.2 Å². The summed E-state index contributed by atoms with van der Waals surface area (Å²) >= 11 is 3.19. The van der Waals surface area contributed by atoms with E-state index in [1.54, 1.807) is 40.9 Å². The van der Waals surface area contributed by atoms with Crippen LogP contribution in [-0.4, -0.2) is 63.9 Å². The number of thiazole rings is 1. The molecule has 2 aromatic carbocycles. The molecule has 6 nitrogen and oxygen atoms in total. The lowest BCUT2D eigenvalue weighted by Gasteiger charge is -2.22. The van der Waals surface area contributed by atoms with Gasteiger partial charge in [0.05, 0.1) is 21.5 Å². The fourth-order valence-electron chi connectivity index (χ4n) is 2.89. The summed E-state index contributed by atoms with van der Waals surface area (Å²) in [5.41, 5.74) is 1.65. The van der Waals surface area contributed by atoms with Gasteiger partial charge < -0.3 is 4.90 Å². The zero-order chi connectivity index (χ0) is 21.9. The Morgan fingerprint density at radius 2 is 1.80 bits per heavy atom. The largest absolute Gasteiger partial charge is 0.308 e. The van der Waals surface area contributed by atoms with E-state index >= 15 is 0 Å². The first-order valence-electron chi connectivity index (χ1n) is 9.36. The highest BCUT2D eigenvalue weighted by Gasteiger charge is 2.20. The van der Waals surface area contributed by atoms with Crippen molar-refractivity contribution in [2.24, 2.45) is 0 Å². The third-order valence-corrected chi connectivity index (χ3v) is 7.49. The number of hydrogen-bond donors (Lipinski definition) is 0. The van der Waals surface area contributed by atoms with Gasteiger partial charge >= 0.3 is 0 Å². The predicted octanol–water partition coefficient (Wildman–Crippen LogP) is 3.56. The highest BCUT2D eigenvalue weighted by molar-refractivity contribution is 7.98. The number of thioether (sulfide) groups is 1. The Morgan fingerprint density at radius 3 is 2.40 bits per heavy atom. The Balaban J connectivity index is 1.86. The smallest absolute Gasteiger partial charge is 0.233 e. The number of carbonyl (C=O) groups excluding carboxylic acids is 1. The van der Waals surface area contributed by atoms with Gasteiger partial charge in [-0.15, -0.1) is 11.8 Å². The monoisotopic (exact) mass is 463 g/mol. The van der Waals surface area contributed by atoms with E-state index in [0.717, 1.165) is 20.7 Å². The summed E-state index contributed by atoms with van der Waals surface area (Å²) in [7, 11) is 0.679. The molecule has 3 aromatic rings. The summed E-state index contributed by atoms with van der Waals surface area (Å²) in [6, 6.07) is 12.6. The molecule has 0 fully saturated rings. The van der Waals surface area contributed by atoms with Gasteiger partial charge in [-0.2, -0.15) is 0 Å². The predicted molar refractivity (Wildman–Crippen MR) is 126 cm³/mol. The second-order valence-corrected chi connectivity index (χ2v) is 11.2. The molecule has 0 saturated heterocycles. The summed E-state index contributed by atoms with van der Waals surface area (Å²) in [5.74, 6) is -0.0619. The molecule has 0 saturated carbocycles. The van der Waals surface area contributed by atoms with Gasteiger partial charge in [-0.3, -0.25) is 9.69 Å². The standard InChI is InChI=1S/C21H25N3O3S3/c1-23(2)11-12-24(21-22-18-10-7-16(28-3)14-19(18)29-21)20(25)13-15-5-8-17(9-6-15)30(4,26)27/h5-10,14H,11-13H2,1-4H3. The number of benzene rings is 2. The van der Waals surface area contributed by atoms with Crippen LogP contribution in [0.15, 0.2) is 52.3 Å². The summed E-state index contributed by atoms with van der Waals surface area (Å²) in [6.07, 6.45) is 3.39. The molecule has 9 heteroatoms. The minimum absolute atomic E-state index is 0.0619. The molecule has 0 aliphatic heterocycles. The van der Waals surface area contributed by atoms with Gasteiger partial charge in [0.15, 0.2) is 15.0 Å². The van der Waals surface area contributed by atoms with E-state index in [1.165, 1.54) is 17.6 Å². The lowest BCUT2D eigenvalue weighted by Crippen LogP contribution is -2.37. The van der Waals surface area contributed by atoms with Crippen LogP contribution in [0.3, 0.4) is 0 Å². The van der Waals surface area contributed by atoms with E-state index in [4.69, 9.17) is 4.98 Å². The Bertz CT molecular complexity index is 1140. The fourth-order valence-corrected chi connectivity index (χ4v) is 5.08. The van der Waals surface area contributed by atoms with Crippen molar-refractivity contribution in [3.05, 3.63) is 48.0 Å². The lowest BCUT2D eigenvalue weighted by atomic mass is 10.1. The van der Waals surface area contributed by atoms with Crippen molar-refractivity contribution in [3.63, 3.8) is 0 Å². The second kappa shape index (κ2) is 9.47. The Kier molecular flexibility index (Phi) is 7.18. The number of sulfone groups is 1. The third kappa shape index (κ3) is 5.60. The first-order valence-corrected chi connectivity index (χ1v) is 13.3. The van der Waals surface area contributed by atoms with Crippen molar-refractivity contribution in [2.75, 3.05) is 44.6 Å². The molecule has 0 aliphatic rings. The van der Waals surface area contributed by atoms with Crippen molar-refractivity contribution in [2.45, 2.75) is 16.2 Å². The minimum atomic E-state index is -3.26. The molecule has 0 unspecified atom stereocenters. The van der Waals surface area contributed by atoms with Gasteiger partial charge in [-0.1, -0.05) is 23.5 Å². The number of anilines is 1. The number of nitrogens with zero attached hydrogens (tertiary/aromatic N) is 3. The zero-order valence-electron chi connectivity index (χ0n) is 17.5. The Labute approximate surface area is 185 Å². The second-order valence-electron chi connectivity index (χ2n) is 7.27. The number of carbonyl (C=O) groups is 1. The van der Waals surface area contributed by atoms with Crippen LogP contribution >= 0.6 is 23.1 Å². The molecule has 1 amide bonds. The SMILES string of the molecule is CSc1ccc2nc(N(CCN(C)C)C(=O)Cc3ccc(S(C)(=O)=O)cc3)sc2c1. The van der Waals surface area contributed by atoms with Gasteiger partial charge in [0, 0.05) is 24.2 Å². The van der Waals surface area contributed by atoms with Crippen molar-refractivity contribution in [3.8, 4) is 0 Å². The van der Waals surface area contributed by atoms with Crippen LogP contribution < -0.4 is 4.90 Å². The van der Waals surface area contributed by atoms with E-state index < -0.39 is 9.84 Å². The van der Waals surface area contributed by atoms with Crippen molar-refractivity contribution in [1.82, 2.24) is 9.88 Å². The average Bonchev–Trinajstić information content (AvgIpc) is 3.10. The zero-order valence-corrected chi connectivity index (χ0v) is 19.9. The summed E-state index contributed by atoms with van der Waals surface area (Å²) in [5, 5.41) is 0.683. The number of fused-ring (bicyclic) bond motifs is 1. The third-order valence-electron chi connectivity index (χ3n) is 4.59. The highest BCUT2D eigenvalue weighted by atomic mass is 32.2. The number of amides is 1. The molecule has 0 atom stereocenters. The highest BCUT2D eigenvalue weighted by Crippen LogP contribution is 2.32.